The number of carbonyl (C=O) groups excluding carboxylic acids is 2. The maximum absolute atomic E-state index is 13.1. The van der Waals surface area contributed by atoms with E-state index in [2.05, 4.69) is 5.32 Å². The van der Waals surface area contributed by atoms with Gasteiger partial charge in [0.15, 0.2) is 0 Å². The molecule has 5 rings (SSSR count). The molecule has 2 fully saturated rings. The Labute approximate surface area is 146 Å². The van der Waals surface area contributed by atoms with Crippen LogP contribution in [0.3, 0.4) is 0 Å². The first-order valence-electron chi connectivity index (χ1n) is 8.63. The molecule has 1 unspecified atom stereocenters. The van der Waals surface area contributed by atoms with Gasteiger partial charge < -0.3 is 10.2 Å². The fraction of sp³-hybridized carbons (Fsp3) is 0.300. The van der Waals surface area contributed by atoms with Crippen molar-refractivity contribution >= 4 is 23.2 Å². The quantitative estimate of drug-likeness (QED) is 0.870. The molecule has 3 atom stereocenters. The van der Waals surface area contributed by atoms with Crippen molar-refractivity contribution in [1.29, 1.82) is 0 Å². The number of fused-ring (bicyclic) bond motifs is 3. The standard InChI is InChI=1S/C20H19N3O2/c1-22-17-13(12-23(18(17)24)14-7-3-2-4-8-14)11-20(22)15-9-5-6-10-16(15)21-19(20)25/h2-10,13,17H,11-12H2,1H3,(H,21,25)/t13-,17-,20?/m0/s1. The zero-order valence-electron chi connectivity index (χ0n) is 14.0. The summed E-state index contributed by atoms with van der Waals surface area (Å²) < 4.78 is 0. The number of para-hydroxylation sites is 2. The van der Waals surface area contributed by atoms with Crippen molar-refractivity contribution < 1.29 is 9.59 Å². The topological polar surface area (TPSA) is 52.7 Å². The molecule has 0 bridgehead atoms. The molecule has 0 radical (unpaired) electrons. The van der Waals surface area contributed by atoms with Crippen LogP contribution in [0.15, 0.2) is 54.6 Å². The zero-order chi connectivity index (χ0) is 17.2. The summed E-state index contributed by atoms with van der Waals surface area (Å²) in [6, 6.07) is 17.3. The third-order valence-corrected chi connectivity index (χ3v) is 6.02. The molecule has 0 saturated carbocycles. The molecule has 2 aromatic carbocycles. The van der Waals surface area contributed by atoms with Gasteiger partial charge in [0.1, 0.15) is 5.54 Å². The monoisotopic (exact) mass is 333 g/mol. The highest BCUT2D eigenvalue weighted by Gasteiger charge is 2.63. The Morgan fingerprint density at radius 3 is 2.52 bits per heavy atom. The third-order valence-electron chi connectivity index (χ3n) is 6.02. The molecular formula is C20H19N3O2. The molecule has 0 aliphatic carbocycles. The van der Waals surface area contributed by atoms with Crippen LogP contribution < -0.4 is 10.2 Å². The van der Waals surface area contributed by atoms with Crippen LogP contribution in [-0.2, 0) is 15.1 Å². The van der Waals surface area contributed by atoms with Crippen LogP contribution in [0.2, 0.25) is 0 Å². The Morgan fingerprint density at radius 1 is 1.04 bits per heavy atom. The van der Waals surface area contributed by atoms with Crippen LogP contribution in [0.25, 0.3) is 0 Å². The largest absolute Gasteiger partial charge is 0.324 e. The lowest BCUT2D eigenvalue weighted by Crippen LogP contribution is -2.50. The Hall–Kier alpha value is -2.66. The van der Waals surface area contributed by atoms with Gasteiger partial charge >= 0.3 is 0 Å². The van der Waals surface area contributed by atoms with Gasteiger partial charge in [-0.05, 0) is 31.7 Å². The van der Waals surface area contributed by atoms with Crippen LogP contribution in [0.1, 0.15) is 12.0 Å². The molecule has 126 valence electrons. The lowest BCUT2D eigenvalue weighted by Gasteiger charge is -2.33. The summed E-state index contributed by atoms with van der Waals surface area (Å²) >= 11 is 0. The van der Waals surface area contributed by atoms with Crippen LogP contribution in [0.5, 0.6) is 0 Å². The summed E-state index contributed by atoms with van der Waals surface area (Å²) in [5, 5.41) is 3.00. The summed E-state index contributed by atoms with van der Waals surface area (Å²) in [7, 11) is 1.92. The minimum absolute atomic E-state index is 0.00957. The number of hydrogen-bond donors (Lipinski definition) is 1. The predicted octanol–water partition coefficient (Wildman–Crippen LogP) is 2.20. The number of anilines is 2. The van der Waals surface area contributed by atoms with Gasteiger partial charge in [0.25, 0.3) is 0 Å². The van der Waals surface area contributed by atoms with Crippen molar-refractivity contribution in [3.8, 4) is 0 Å². The number of rotatable bonds is 1. The zero-order valence-corrected chi connectivity index (χ0v) is 14.0. The van der Waals surface area contributed by atoms with Gasteiger partial charge in [-0.2, -0.15) is 0 Å². The van der Waals surface area contributed by atoms with Crippen molar-refractivity contribution in [3.63, 3.8) is 0 Å². The molecule has 5 heteroatoms. The van der Waals surface area contributed by atoms with Crippen molar-refractivity contribution in [2.24, 2.45) is 5.92 Å². The number of likely N-dealkylation sites (N-methyl/N-ethyl adjacent to an activating group) is 1. The molecule has 5 nitrogen and oxygen atoms in total. The highest BCUT2D eigenvalue weighted by molar-refractivity contribution is 6.08. The van der Waals surface area contributed by atoms with Crippen LogP contribution in [0.4, 0.5) is 11.4 Å². The lowest BCUT2D eigenvalue weighted by molar-refractivity contribution is -0.129. The molecule has 1 N–H and O–H groups in total. The third kappa shape index (κ3) is 1.76. The molecule has 2 saturated heterocycles. The van der Waals surface area contributed by atoms with E-state index >= 15 is 0 Å². The normalized spacial score (nSPS) is 30.7. The Bertz CT molecular complexity index is 882. The van der Waals surface area contributed by atoms with Crippen LogP contribution >= 0.6 is 0 Å². The molecule has 1 spiro atoms. The Balaban J connectivity index is 1.53. The predicted molar refractivity (Wildman–Crippen MR) is 95.2 cm³/mol. The smallest absolute Gasteiger partial charge is 0.249 e. The van der Waals surface area contributed by atoms with Gasteiger partial charge in [-0.15, -0.1) is 0 Å². The minimum atomic E-state index is -0.718. The fourth-order valence-electron chi connectivity index (χ4n) is 4.90. The van der Waals surface area contributed by atoms with Gasteiger partial charge in [-0.25, -0.2) is 0 Å². The van der Waals surface area contributed by atoms with E-state index < -0.39 is 5.54 Å². The summed E-state index contributed by atoms with van der Waals surface area (Å²) in [6.45, 7) is 0.662. The number of hydrogen-bond acceptors (Lipinski definition) is 3. The summed E-state index contributed by atoms with van der Waals surface area (Å²) in [6.07, 6.45) is 0.673. The van der Waals surface area contributed by atoms with E-state index in [0.29, 0.717) is 13.0 Å². The first-order chi connectivity index (χ1) is 12.1. The number of amides is 2. The summed E-state index contributed by atoms with van der Waals surface area (Å²) in [5.41, 5.74) is 2.08. The van der Waals surface area contributed by atoms with Gasteiger partial charge in [-0.3, -0.25) is 14.5 Å². The highest BCUT2D eigenvalue weighted by atomic mass is 16.2. The second-order valence-corrected chi connectivity index (χ2v) is 7.16. The summed E-state index contributed by atoms with van der Waals surface area (Å²) in [4.78, 5) is 29.8. The molecule has 0 aromatic heterocycles. The van der Waals surface area contributed by atoms with Crippen LogP contribution in [0, 0.1) is 5.92 Å². The Morgan fingerprint density at radius 2 is 1.76 bits per heavy atom. The number of nitrogens with one attached hydrogen (secondary N) is 1. The molecule has 25 heavy (non-hydrogen) atoms. The number of nitrogens with zero attached hydrogens (tertiary/aromatic N) is 2. The molecule has 2 amide bonds. The van der Waals surface area contributed by atoms with Crippen molar-refractivity contribution in [2.45, 2.75) is 18.0 Å². The highest BCUT2D eigenvalue weighted by Crippen LogP contribution is 2.52. The van der Waals surface area contributed by atoms with Gasteiger partial charge in [0.05, 0.1) is 6.04 Å². The second-order valence-electron chi connectivity index (χ2n) is 7.16. The minimum Gasteiger partial charge on any atom is -0.324 e. The van der Waals surface area contributed by atoms with Crippen molar-refractivity contribution in [2.75, 3.05) is 23.8 Å². The van der Waals surface area contributed by atoms with E-state index in [-0.39, 0.29) is 23.8 Å². The molecule has 3 heterocycles. The second kappa shape index (κ2) is 4.92. The van der Waals surface area contributed by atoms with E-state index in [1.165, 1.54) is 0 Å². The molecule has 3 aliphatic heterocycles. The van der Waals surface area contributed by atoms with Gasteiger partial charge in [-0.1, -0.05) is 36.4 Å². The van der Waals surface area contributed by atoms with E-state index in [4.69, 9.17) is 0 Å². The van der Waals surface area contributed by atoms with Crippen LogP contribution in [-0.4, -0.2) is 36.3 Å². The average molecular weight is 333 g/mol. The lowest BCUT2D eigenvalue weighted by atomic mass is 9.86. The summed E-state index contributed by atoms with van der Waals surface area (Å²) in [5.74, 6) is 0.229. The molecule has 2 aromatic rings. The average Bonchev–Trinajstić information content (AvgIpc) is 3.21. The fourth-order valence-corrected chi connectivity index (χ4v) is 4.90. The van der Waals surface area contributed by atoms with E-state index in [9.17, 15) is 9.59 Å². The van der Waals surface area contributed by atoms with Crippen molar-refractivity contribution in [3.05, 3.63) is 60.2 Å². The first-order valence-corrected chi connectivity index (χ1v) is 8.63. The van der Waals surface area contributed by atoms with E-state index in [0.717, 1.165) is 16.9 Å². The van der Waals surface area contributed by atoms with Crippen molar-refractivity contribution in [1.82, 2.24) is 4.90 Å². The molecular weight excluding hydrogens is 314 g/mol. The molecule has 3 aliphatic rings. The maximum atomic E-state index is 13.1. The van der Waals surface area contributed by atoms with E-state index in [1.807, 2.05) is 71.4 Å². The van der Waals surface area contributed by atoms with E-state index in [1.54, 1.807) is 0 Å². The Kier molecular flexibility index (Phi) is 2.89. The first kappa shape index (κ1) is 14.7. The number of carbonyl (C=O) groups is 2. The number of likely N-dealkylation sites (tertiary alicyclic amines) is 1. The maximum Gasteiger partial charge on any atom is 0.249 e. The van der Waals surface area contributed by atoms with Gasteiger partial charge in [0.2, 0.25) is 11.8 Å². The number of benzene rings is 2. The van der Waals surface area contributed by atoms with Gasteiger partial charge in [0, 0.05) is 29.4 Å². The SMILES string of the molecule is CN1[C@@H]2C(=O)N(c3ccccc3)C[C@@H]2CC12C(=O)Nc1ccccc12.